The lowest BCUT2D eigenvalue weighted by Crippen LogP contribution is -2.49. The average molecular weight is 257 g/mol. The minimum atomic E-state index is -4.44. The number of anilines is 1. The summed E-state index contributed by atoms with van der Waals surface area (Å²) in [5.74, 6) is -0.912. The van der Waals surface area contributed by atoms with Crippen LogP contribution in [-0.4, -0.2) is 31.0 Å². The van der Waals surface area contributed by atoms with E-state index in [2.05, 4.69) is 4.99 Å². The van der Waals surface area contributed by atoms with Crippen molar-refractivity contribution in [3.05, 3.63) is 29.8 Å². The highest BCUT2D eigenvalue weighted by atomic mass is 19.4. The maximum atomic E-state index is 12.5. The second kappa shape index (κ2) is 4.32. The van der Waals surface area contributed by atoms with Crippen molar-refractivity contribution in [2.75, 3.05) is 11.4 Å². The van der Waals surface area contributed by atoms with Gasteiger partial charge in [-0.3, -0.25) is 9.79 Å². The number of carbonyl (C=O) groups excluding carboxylic acids is 1. The van der Waals surface area contributed by atoms with E-state index >= 15 is 0 Å². The summed E-state index contributed by atoms with van der Waals surface area (Å²) in [6.07, 6.45) is -4.40. The molecule has 0 aromatic heterocycles. The molecule has 7 heteroatoms. The fourth-order valence-corrected chi connectivity index (χ4v) is 1.81. The van der Waals surface area contributed by atoms with E-state index in [0.29, 0.717) is 11.3 Å². The smallest absolute Gasteiger partial charge is 0.366 e. The van der Waals surface area contributed by atoms with Crippen LogP contribution in [0.15, 0.2) is 29.3 Å². The minimum absolute atomic E-state index is 0.300. The van der Waals surface area contributed by atoms with Gasteiger partial charge in [-0.2, -0.15) is 13.2 Å². The lowest BCUT2D eigenvalue weighted by Gasteiger charge is -2.33. The zero-order chi connectivity index (χ0) is 13.3. The molecule has 1 amide bonds. The standard InChI is InChI=1S/C11H10F3N3O/c12-11(13,14)6-17-8-4-2-1-3-7(8)5-16-10(17)9(15)18/h1-5,10H,6H2,(H2,15,18). The van der Waals surface area contributed by atoms with E-state index in [9.17, 15) is 18.0 Å². The van der Waals surface area contributed by atoms with Gasteiger partial charge in [0.1, 0.15) is 6.54 Å². The predicted octanol–water partition coefficient (Wildman–Crippen LogP) is 1.30. The predicted molar refractivity (Wildman–Crippen MR) is 60.4 cm³/mol. The van der Waals surface area contributed by atoms with Gasteiger partial charge < -0.3 is 10.6 Å². The third kappa shape index (κ3) is 2.44. The normalized spacial score (nSPS) is 18.6. The molecule has 1 heterocycles. The van der Waals surface area contributed by atoms with Crippen LogP contribution < -0.4 is 10.6 Å². The Labute approximate surface area is 101 Å². The molecule has 1 aromatic rings. The van der Waals surface area contributed by atoms with E-state index < -0.39 is 24.8 Å². The number of para-hydroxylation sites is 1. The Hall–Kier alpha value is -2.05. The molecule has 1 aromatic carbocycles. The largest absolute Gasteiger partial charge is 0.406 e. The van der Waals surface area contributed by atoms with Gasteiger partial charge in [0.05, 0.1) is 0 Å². The number of amides is 1. The third-order valence-corrected chi connectivity index (χ3v) is 2.50. The van der Waals surface area contributed by atoms with E-state index in [4.69, 9.17) is 5.73 Å². The molecule has 0 fully saturated rings. The van der Waals surface area contributed by atoms with E-state index in [0.717, 1.165) is 4.90 Å². The highest BCUT2D eigenvalue weighted by Crippen LogP contribution is 2.29. The number of fused-ring (bicyclic) bond motifs is 1. The Morgan fingerprint density at radius 2 is 2.06 bits per heavy atom. The van der Waals surface area contributed by atoms with Crippen molar-refractivity contribution in [2.45, 2.75) is 12.3 Å². The van der Waals surface area contributed by atoms with E-state index in [1.807, 2.05) is 0 Å². The zero-order valence-electron chi connectivity index (χ0n) is 9.19. The number of alkyl halides is 3. The lowest BCUT2D eigenvalue weighted by molar-refractivity contribution is -0.125. The highest BCUT2D eigenvalue weighted by Gasteiger charge is 2.37. The molecule has 0 spiro atoms. The number of aliphatic imine (C=N–C) groups is 1. The quantitative estimate of drug-likeness (QED) is 0.868. The molecular weight excluding hydrogens is 247 g/mol. The average Bonchev–Trinajstić information content (AvgIpc) is 2.27. The Morgan fingerprint density at radius 3 is 2.67 bits per heavy atom. The molecule has 2 N–H and O–H groups in total. The van der Waals surface area contributed by atoms with Crippen LogP contribution in [0.3, 0.4) is 0 Å². The van der Waals surface area contributed by atoms with Gasteiger partial charge in [-0.05, 0) is 6.07 Å². The Morgan fingerprint density at radius 1 is 1.39 bits per heavy atom. The van der Waals surface area contributed by atoms with E-state index in [1.165, 1.54) is 12.3 Å². The summed E-state index contributed by atoms with van der Waals surface area (Å²) in [6, 6.07) is 6.41. The monoisotopic (exact) mass is 257 g/mol. The first-order valence-electron chi connectivity index (χ1n) is 5.13. The van der Waals surface area contributed by atoms with Crippen LogP contribution in [-0.2, 0) is 4.79 Å². The van der Waals surface area contributed by atoms with Crippen molar-refractivity contribution in [3.63, 3.8) is 0 Å². The number of hydrogen-bond donors (Lipinski definition) is 1. The zero-order valence-corrected chi connectivity index (χ0v) is 9.19. The maximum Gasteiger partial charge on any atom is 0.406 e. The molecule has 0 bridgehead atoms. The summed E-state index contributed by atoms with van der Waals surface area (Å²) in [6.45, 7) is -1.27. The van der Waals surface area contributed by atoms with E-state index in [1.54, 1.807) is 18.2 Å². The number of halogens is 3. The summed E-state index contributed by atoms with van der Waals surface area (Å²) < 4.78 is 37.6. The number of nitrogens with two attached hydrogens (primary N) is 1. The van der Waals surface area contributed by atoms with Gasteiger partial charge in [0.2, 0.25) is 6.17 Å². The summed E-state index contributed by atoms with van der Waals surface area (Å²) >= 11 is 0. The van der Waals surface area contributed by atoms with Crippen LogP contribution in [0.2, 0.25) is 0 Å². The summed E-state index contributed by atoms with van der Waals surface area (Å²) in [4.78, 5) is 15.8. The molecule has 0 saturated heterocycles. The van der Waals surface area contributed by atoms with Gasteiger partial charge in [-0.25, -0.2) is 0 Å². The number of primary amides is 1. The molecule has 0 radical (unpaired) electrons. The molecule has 0 aliphatic carbocycles. The number of hydrogen-bond acceptors (Lipinski definition) is 3. The fourth-order valence-electron chi connectivity index (χ4n) is 1.81. The number of nitrogens with zero attached hydrogens (tertiary/aromatic N) is 2. The van der Waals surface area contributed by atoms with Crippen molar-refractivity contribution in [1.29, 1.82) is 0 Å². The van der Waals surface area contributed by atoms with Crippen molar-refractivity contribution < 1.29 is 18.0 Å². The highest BCUT2D eigenvalue weighted by molar-refractivity contribution is 5.95. The van der Waals surface area contributed by atoms with Crippen LogP contribution >= 0.6 is 0 Å². The fraction of sp³-hybridized carbons (Fsp3) is 0.273. The van der Waals surface area contributed by atoms with Gasteiger partial charge in [0.25, 0.3) is 5.91 Å². The molecule has 96 valence electrons. The lowest BCUT2D eigenvalue weighted by atomic mass is 10.1. The van der Waals surface area contributed by atoms with Crippen LogP contribution in [0.25, 0.3) is 0 Å². The second-order valence-corrected chi connectivity index (χ2v) is 3.86. The molecular formula is C11H10F3N3O. The summed E-state index contributed by atoms with van der Waals surface area (Å²) in [5.41, 5.74) is 5.90. The van der Waals surface area contributed by atoms with Crippen molar-refractivity contribution in [2.24, 2.45) is 10.7 Å². The SMILES string of the molecule is NC(=O)C1N=Cc2ccccc2N1CC(F)(F)F. The Balaban J connectivity index is 2.42. The van der Waals surface area contributed by atoms with Crippen molar-refractivity contribution in [1.82, 2.24) is 0 Å². The summed E-state index contributed by atoms with van der Waals surface area (Å²) in [5, 5.41) is 0. The molecule has 4 nitrogen and oxygen atoms in total. The molecule has 1 atom stereocenters. The molecule has 2 rings (SSSR count). The molecule has 18 heavy (non-hydrogen) atoms. The Kier molecular flexibility index (Phi) is 2.98. The molecule has 1 aliphatic heterocycles. The maximum absolute atomic E-state index is 12.5. The molecule has 1 unspecified atom stereocenters. The van der Waals surface area contributed by atoms with Crippen LogP contribution in [0.1, 0.15) is 5.56 Å². The first kappa shape index (κ1) is 12.4. The van der Waals surface area contributed by atoms with Crippen molar-refractivity contribution >= 4 is 17.8 Å². The molecule has 1 aliphatic rings. The molecule has 0 saturated carbocycles. The Bertz CT molecular complexity index is 499. The number of benzene rings is 1. The van der Waals surface area contributed by atoms with Gasteiger partial charge in [-0.1, -0.05) is 18.2 Å². The van der Waals surface area contributed by atoms with E-state index in [-0.39, 0.29) is 0 Å². The third-order valence-electron chi connectivity index (χ3n) is 2.50. The number of carbonyl (C=O) groups is 1. The topological polar surface area (TPSA) is 58.7 Å². The van der Waals surface area contributed by atoms with Crippen LogP contribution in [0, 0.1) is 0 Å². The first-order valence-corrected chi connectivity index (χ1v) is 5.13. The summed E-state index contributed by atoms with van der Waals surface area (Å²) in [7, 11) is 0. The van der Waals surface area contributed by atoms with Crippen LogP contribution in [0.5, 0.6) is 0 Å². The van der Waals surface area contributed by atoms with Gasteiger partial charge in [-0.15, -0.1) is 0 Å². The number of rotatable bonds is 2. The van der Waals surface area contributed by atoms with Crippen molar-refractivity contribution in [3.8, 4) is 0 Å². The second-order valence-electron chi connectivity index (χ2n) is 3.86. The van der Waals surface area contributed by atoms with Gasteiger partial charge in [0.15, 0.2) is 0 Å². The first-order chi connectivity index (χ1) is 8.38. The van der Waals surface area contributed by atoms with Gasteiger partial charge >= 0.3 is 6.18 Å². The minimum Gasteiger partial charge on any atom is -0.366 e. The van der Waals surface area contributed by atoms with Gasteiger partial charge in [0, 0.05) is 17.5 Å². The van der Waals surface area contributed by atoms with Crippen LogP contribution in [0.4, 0.5) is 18.9 Å².